The van der Waals surface area contributed by atoms with Crippen molar-refractivity contribution in [2.24, 2.45) is 5.10 Å². The summed E-state index contributed by atoms with van der Waals surface area (Å²) in [6.45, 7) is 8.10. The van der Waals surface area contributed by atoms with Crippen LogP contribution in [0.5, 0.6) is 5.75 Å². The lowest BCUT2D eigenvalue weighted by molar-refractivity contribution is -0.119. The first-order valence-corrected chi connectivity index (χ1v) is 13.4. The Kier molecular flexibility index (Phi) is 9.25. The number of ether oxygens (including phenoxy) is 1. The number of nitrogens with one attached hydrogen (secondary N) is 1. The summed E-state index contributed by atoms with van der Waals surface area (Å²) in [7, 11) is -3.98. The Labute approximate surface area is 213 Å². The van der Waals surface area contributed by atoms with Crippen LogP contribution in [-0.4, -0.2) is 33.7 Å². The van der Waals surface area contributed by atoms with Crippen molar-refractivity contribution in [1.82, 2.24) is 5.43 Å². The molecule has 3 aromatic carbocycles. The lowest BCUT2D eigenvalue weighted by Gasteiger charge is -2.24. The number of nitrogens with zero attached hydrogens (tertiary/aromatic N) is 2. The molecule has 0 bridgehead atoms. The van der Waals surface area contributed by atoms with E-state index in [0.717, 1.165) is 45.2 Å². The molecule has 3 aromatic rings. The molecule has 0 radical (unpaired) electrons. The molecule has 0 heterocycles. The Morgan fingerprint density at radius 3 is 2.31 bits per heavy atom. The molecule has 1 N–H and O–H groups in total. The maximum absolute atomic E-state index is 13.5. The molecule has 3 rings (SSSR count). The van der Waals surface area contributed by atoms with Gasteiger partial charge in [-0.1, -0.05) is 37.1 Å². The van der Waals surface area contributed by atoms with Crippen molar-refractivity contribution in [2.45, 2.75) is 45.4 Å². The van der Waals surface area contributed by atoms with Gasteiger partial charge in [-0.3, -0.25) is 9.10 Å². The van der Waals surface area contributed by atoms with Crippen molar-refractivity contribution in [3.05, 3.63) is 89.0 Å². The minimum absolute atomic E-state index is 0.115. The van der Waals surface area contributed by atoms with Crippen molar-refractivity contribution in [3.8, 4) is 5.75 Å². The average molecular weight is 508 g/mol. The van der Waals surface area contributed by atoms with Gasteiger partial charge >= 0.3 is 0 Å². The van der Waals surface area contributed by atoms with Gasteiger partial charge in [0.05, 0.1) is 23.4 Å². The van der Waals surface area contributed by atoms with Gasteiger partial charge in [0.15, 0.2) is 0 Å². The molecule has 0 saturated heterocycles. The van der Waals surface area contributed by atoms with Crippen LogP contribution in [0.4, 0.5) is 5.69 Å². The normalized spacial score (nSPS) is 11.4. The highest BCUT2D eigenvalue weighted by atomic mass is 32.2. The molecule has 1 amide bonds. The van der Waals surface area contributed by atoms with E-state index < -0.39 is 22.5 Å². The predicted molar refractivity (Wildman–Crippen MR) is 144 cm³/mol. The van der Waals surface area contributed by atoms with E-state index in [-0.39, 0.29) is 4.90 Å². The standard InChI is InChI=1S/C28H33N3O4S/c1-5-6-17-35-26-13-10-24(11-14-26)19-29-30-28(32)20-31(25-12-9-22(3)23(4)18-25)36(33,34)27-15-7-21(2)8-16-27/h7-16,18-19H,5-6,17,20H2,1-4H3,(H,30,32)/b29-19+. The van der Waals surface area contributed by atoms with Gasteiger partial charge in [-0.15, -0.1) is 0 Å². The second-order valence-corrected chi connectivity index (χ2v) is 10.5. The Hall–Kier alpha value is -3.65. The number of rotatable bonds is 11. The van der Waals surface area contributed by atoms with Crippen LogP contribution in [0.1, 0.15) is 42.0 Å². The fourth-order valence-corrected chi connectivity index (χ4v) is 4.78. The topological polar surface area (TPSA) is 88.1 Å². The number of sulfonamides is 1. The lowest BCUT2D eigenvalue weighted by atomic mass is 10.1. The van der Waals surface area contributed by atoms with E-state index in [2.05, 4.69) is 17.5 Å². The van der Waals surface area contributed by atoms with Gasteiger partial charge in [0.2, 0.25) is 0 Å². The van der Waals surface area contributed by atoms with Crippen molar-refractivity contribution in [2.75, 3.05) is 17.5 Å². The summed E-state index contributed by atoms with van der Waals surface area (Å²) in [5, 5.41) is 4.00. The van der Waals surface area contributed by atoms with Crippen LogP contribution in [0.15, 0.2) is 76.7 Å². The summed E-state index contributed by atoms with van der Waals surface area (Å²) in [4.78, 5) is 12.9. The summed E-state index contributed by atoms with van der Waals surface area (Å²) >= 11 is 0. The van der Waals surface area contributed by atoms with Crippen molar-refractivity contribution in [1.29, 1.82) is 0 Å². The van der Waals surface area contributed by atoms with Crippen LogP contribution in [0.2, 0.25) is 0 Å². The second-order valence-electron chi connectivity index (χ2n) is 8.66. The second kappa shape index (κ2) is 12.4. The van der Waals surface area contributed by atoms with Gasteiger partial charge < -0.3 is 4.74 Å². The van der Waals surface area contributed by atoms with Gasteiger partial charge in [0.1, 0.15) is 12.3 Å². The molecular weight excluding hydrogens is 474 g/mol. The molecule has 0 spiro atoms. The number of anilines is 1. The van der Waals surface area contributed by atoms with E-state index in [1.807, 2.05) is 51.1 Å². The molecular formula is C28H33N3O4S. The highest BCUT2D eigenvalue weighted by molar-refractivity contribution is 7.92. The highest BCUT2D eigenvalue weighted by Gasteiger charge is 2.27. The van der Waals surface area contributed by atoms with E-state index in [4.69, 9.17) is 4.74 Å². The predicted octanol–water partition coefficient (Wildman–Crippen LogP) is 5.14. The molecule has 36 heavy (non-hydrogen) atoms. The van der Waals surface area contributed by atoms with Gasteiger partial charge in [-0.25, -0.2) is 13.8 Å². The summed E-state index contributed by atoms with van der Waals surface area (Å²) in [5.74, 6) is 0.217. The van der Waals surface area contributed by atoms with Crippen LogP contribution >= 0.6 is 0 Å². The number of unbranched alkanes of at least 4 members (excludes halogenated alkanes) is 1. The first-order valence-electron chi connectivity index (χ1n) is 11.9. The smallest absolute Gasteiger partial charge is 0.264 e. The number of amides is 1. The SMILES string of the molecule is CCCCOc1ccc(/C=N/NC(=O)CN(c2ccc(C)c(C)c2)S(=O)(=O)c2ccc(C)cc2)cc1. The molecule has 0 aromatic heterocycles. The lowest BCUT2D eigenvalue weighted by Crippen LogP contribution is -2.39. The summed E-state index contributed by atoms with van der Waals surface area (Å²) in [6.07, 6.45) is 3.56. The Bertz CT molecular complexity index is 1300. The molecule has 0 aliphatic rings. The highest BCUT2D eigenvalue weighted by Crippen LogP contribution is 2.26. The fourth-order valence-electron chi connectivity index (χ4n) is 3.36. The summed E-state index contributed by atoms with van der Waals surface area (Å²) in [6, 6.07) is 19.2. The minimum atomic E-state index is -3.98. The molecule has 190 valence electrons. The van der Waals surface area contributed by atoms with Gasteiger partial charge in [0.25, 0.3) is 15.9 Å². The molecule has 0 unspecified atom stereocenters. The third-order valence-corrected chi connectivity index (χ3v) is 7.51. The molecule has 0 saturated carbocycles. The molecule has 0 atom stereocenters. The fraction of sp³-hybridized carbons (Fsp3) is 0.286. The zero-order valence-corrected chi connectivity index (χ0v) is 22.0. The molecule has 0 aliphatic carbocycles. The van der Waals surface area contributed by atoms with Gasteiger partial charge in [-0.2, -0.15) is 5.10 Å². The number of hydrazone groups is 1. The minimum Gasteiger partial charge on any atom is -0.494 e. The van der Waals surface area contributed by atoms with Crippen molar-refractivity contribution in [3.63, 3.8) is 0 Å². The zero-order chi connectivity index (χ0) is 26.1. The summed E-state index contributed by atoms with van der Waals surface area (Å²) in [5.41, 5.74) is 6.53. The van der Waals surface area contributed by atoms with Crippen molar-refractivity contribution < 1.29 is 17.9 Å². The van der Waals surface area contributed by atoms with Crippen LogP contribution < -0.4 is 14.5 Å². The largest absolute Gasteiger partial charge is 0.494 e. The van der Waals surface area contributed by atoms with E-state index in [1.165, 1.54) is 6.21 Å². The van der Waals surface area contributed by atoms with E-state index >= 15 is 0 Å². The Morgan fingerprint density at radius 2 is 1.67 bits per heavy atom. The first kappa shape index (κ1) is 26.9. The Balaban J connectivity index is 1.74. The van der Waals surface area contributed by atoms with Crippen LogP contribution in [0, 0.1) is 20.8 Å². The van der Waals surface area contributed by atoms with Crippen LogP contribution in [-0.2, 0) is 14.8 Å². The molecule has 7 nitrogen and oxygen atoms in total. The summed E-state index contributed by atoms with van der Waals surface area (Å²) < 4.78 is 33.7. The molecule has 0 aliphatic heterocycles. The third kappa shape index (κ3) is 7.18. The number of hydrogen-bond donors (Lipinski definition) is 1. The van der Waals surface area contributed by atoms with Gasteiger partial charge in [0, 0.05) is 0 Å². The maximum atomic E-state index is 13.5. The number of aryl methyl sites for hydroxylation is 3. The average Bonchev–Trinajstić information content (AvgIpc) is 2.85. The first-order chi connectivity index (χ1) is 17.2. The van der Waals surface area contributed by atoms with Crippen LogP contribution in [0.3, 0.4) is 0 Å². The molecule has 0 fully saturated rings. The quantitative estimate of drug-likeness (QED) is 0.221. The van der Waals surface area contributed by atoms with Crippen molar-refractivity contribution >= 4 is 27.8 Å². The molecule has 8 heteroatoms. The van der Waals surface area contributed by atoms with E-state index in [1.54, 1.807) is 36.4 Å². The van der Waals surface area contributed by atoms with Crippen LogP contribution in [0.25, 0.3) is 0 Å². The number of carbonyl (C=O) groups excluding carboxylic acids is 1. The number of hydrogen-bond acceptors (Lipinski definition) is 5. The van der Waals surface area contributed by atoms with E-state index in [9.17, 15) is 13.2 Å². The third-order valence-electron chi connectivity index (χ3n) is 5.72. The Morgan fingerprint density at radius 1 is 0.972 bits per heavy atom. The maximum Gasteiger partial charge on any atom is 0.264 e. The monoisotopic (exact) mass is 507 g/mol. The van der Waals surface area contributed by atoms with Gasteiger partial charge in [-0.05, 0) is 92.4 Å². The zero-order valence-electron chi connectivity index (χ0n) is 21.2. The number of carbonyl (C=O) groups is 1. The number of benzene rings is 3. The van der Waals surface area contributed by atoms with E-state index in [0.29, 0.717) is 12.3 Å².